The van der Waals surface area contributed by atoms with Gasteiger partial charge in [0.2, 0.25) is 0 Å². The van der Waals surface area contributed by atoms with Crippen LogP contribution in [0.1, 0.15) is 17.8 Å². The third-order valence-corrected chi connectivity index (χ3v) is 3.08. The lowest BCUT2D eigenvalue weighted by Gasteiger charge is -2.08. The Hall–Kier alpha value is -1.99. The number of benzene rings is 1. The zero-order chi connectivity index (χ0) is 15.1. The van der Waals surface area contributed by atoms with Crippen LogP contribution in [0.4, 0.5) is 4.39 Å². The fourth-order valence-corrected chi connectivity index (χ4v) is 1.91. The molecule has 2 rings (SSSR count). The predicted octanol–water partition coefficient (Wildman–Crippen LogP) is 3.16. The minimum Gasteiger partial charge on any atom is -0.492 e. The van der Waals surface area contributed by atoms with Crippen molar-refractivity contribution >= 4 is 11.6 Å². The fourth-order valence-electron chi connectivity index (χ4n) is 1.81. The van der Waals surface area contributed by atoms with Crippen LogP contribution >= 0.6 is 11.6 Å². The van der Waals surface area contributed by atoms with Gasteiger partial charge in [0.15, 0.2) is 0 Å². The summed E-state index contributed by atoms with van der Waals surface area (Å²) in [5, 5.41) is 0. The van der Waals surface area contributed by atoms with Crippen molar-refractivity contribution in [1.82, 2.24) is 9.55 Å². The maximum absolute atomic E-state index is 13.3. The Morgan fingerprint density at radius 1 is 1.43 bits per heavy atom. The van der Waals surface area contributed by atoms with Crippen molar-refractivity contribution in [3.63, 3.8) is 0 Å². The minimum atomic E-state index is -0.343. The third kappa shape index (κ3) is 4.51. The van der Waals surface area contributed by atoms with Gasteiger partial charge in [0.05, 0.1) is 12.2 Å². The van der Waals surface area contributed by atoms with Crippen molar-refractivity contribution in [2.75, 3.05) is 12.5 Å². The summed E-state index contributed by atoms with van der Waals surface area (Å²) in [6.07, 6.45) is 4.85. The molecule has 1 heterocycles. The molecule has 1 aromatic carbocycles. The largest absolute Gasteiger partial charge is 0.492 e. The van der Waals surface area contributed by atoms with E-state index in [1.807, 2.05) is 17.8 Å². The average molecular weight is 307 g/mol. The van der Waals surface area contributed by atoms with Crippen molar-refractivity contribution in [3.8, 4) is 17.6 Å². The molecule has 0 bridgehead atoms. The van der Waals surface area contributed by atoms with Crippen molar-refractivity contribution in [3.05, 3.63) is 47.8 Å². The van der Waals surface area contributed by atoms with Gasteiger partial charge in [0.25, 0.3) is 0 Å². The summed E-state index contributed by atoms with van der Waals surface area (Å²) >= 11 is 5.59. The van der Waals surface area contributed by atoms with Gasteiger partial charge >= 0.3 is 0 Å². The standard InChI is InChI=1S/C16H16ClFN2O/c1-20-10-9-19-16(20)7-11-21-15-12-14(18)6-5-13(15)4-2-3-8-17/h5-6,9-10,12H,3,7-8,11H2,1H3. The number of alkyl halides is 1. The number of nitrogens with zero attached hydrogens (tertiary/aromatic N) is 2. The van der Waals surface area contributed by atoms with Gasteiger partial charge in [0, 0.05) is 44.2 Å². The maximum atomic E-state index is 13.3. The summed E-state index contributed by atoms with van der Waals surface area (Å²) in [4.78, 5) is 4.21. The lowest BCUT2D eigenvalue weighted by molar-refractivity contribution is 0.315. The first-order valence-electron chi connectivity index (χ1n) is 6.64. The number of aromatic nitrogens is 2. The van der Waals surface area contributed by atoms with Crippen LogP contribution in [0.5, 0.6) is 5.75 Å². The Morgan fingerprint density at radius 3 is 3.00 bits per heavy atom. The quantitative estimate of drug-likeness (QED) is 0.627. The van der Waals surface area contributed by atoms with E-state index in [1.165, 1.54) is 12.1 Å². The molecule has 0 radical (unpaired) electrons. The van der Waals surface area contributed by atoms with Crippen LogP contribution in [0.3, 0.4) is 0 Å². The molecule has 0 unspecified atom stereocenters. The first kappa shape index (κ1) is 15.4. The number of halogens is 2. The Bertz CT molecular complexity index is 658. The molecule has 5 heteroatoms. The lowest BCUT2D eigenvalue weighted by atomic mass is 10.2. The maximum Gasteiger partial charge on any atom is 0.137 e. The number of hydrogen-bond acceptors (Lipinski definition) is 2. The summed E-state index contributed by atoms with van der Waals surface area (Å²) in [6.45, 7) is 0.415. The molecule has 0 spiro atoms. The van der Waals surface area contributed by atoms with Gasteiger partial charge in [0.1, 0.15) is 17.4 Å². The van der Waals surface area contributed by atoms with Crippen molar-refractivity contribution in [1.29, 1.82) is 0 Å². The van der Waals surface area contributed by atoms with E-state index in [9.17, 15) is 4.39 Å². The van der Waals surface area contributed by atoms with E-state index in [0.717, 1.165) is 5.82 Å². The molecule has 0 N–H and O–H groups in total. The number of imidazole rings is 1. The second-order valence-corrected chi connectivity index (χ2v) is 4.81. The molecule has 0 aliphatic rings. The van der Waals surface area contributed by atoms with E-state index in [-0.39, 0.29) is 5.82 Å². The van der Waals surface area contributed by atoms with Gasteiger partial charge in [-0.05, 0) is 12.1 Å². The van der Waals surface area contributed by atoms with Crippen LogP contribution in [0, 0.1) is 17.7 Å². The Kier molecular flexibility index (Phi) is 5.65. The summed E-state index contributed by atoms with van der Waals surface area (Å²) in [5.74, 6) is 7.37. The van der Waals surface area contributed by atoms with Crippen LogP contribution in [0.2, 0.25) is 0 Å². The van der Waals surface area contributed by atoms with Gasteiger partial charge in [-0.2, -0.15) is 0 Å². The molecule has 0 saturated carbocycles. The average Bonchev–Trinajstić information content (AvgIpc) is 2.87. The Balaban J connectivity index is 2.03. The Labute approximate surface area is 128 Å². The molecule has 0 saturated heterocycles. The predicted molar refractivity (Wildman–Crippen MR) is 81.0 cm³/mol. The van der Waals surface area contributed by atoms with Crippen molar-refractivity contribution < 1.29 is 9.13 Å². The highest BCUT2D eigenvalue weighted by Gasteiger charge is 2.05. The van der Waals surface area contributed by atoms with E-state index >= 15 is 0 Å². The SMILES string of the molecule is Cn1ccnc1CCOc1cc(F)ccc1C#CCCCl. The molecule has 0 fully saturated rings. The molecule has 0 aliphatic heterocycles. The van der Waals surface area contributed by atoms with E-state index in [0.29, 0.717) is 36.6 Å². The summed E-state index contributed by atoms with van der Waals surface area (Å²) in [7, 11) is 1.92. The van der Waals surface area contributed by atoms with Crippen LogP contribution in [0.25, 0.3) is 0 Å². The van der Waals surface area contributed by atoms with Gasteiger partial charge in [-0.1, -0.05) is 11.8 Å². The summed E-state index contributed by atoms with van der Waals surface area (Å²) in [6, 6.07) is 4.34. The monoisotopic (exact) mass is 306 g/mol. The first-order valence-corrected chi connectivity index (χ1v) is 7.17. The van der Waals surface area contributed by atoms with Crippen LogP contribution in [0.15, 0.2) is 30.6 Å². The topological polar surface area (TPSA) is 27.1 Å². The molecule has 0 aliphatic carbocycles. The summed E-state index contributed by atoms with van der Waals surface area (Å²) < 4.78 is 20.9. The van der Waals surface area contributed by atoms with Crippen LogP contribution in [-0.2, 0) is 13.5 Å². The minimum absolute atomic E-state index is 0.343. The zero-order valence-electron chi connectivity index (χ0n) is 11.8. The molecule has 110 valence electrons. The molecular formula is C16H16ClFN2O. The molecular weight excluding hydrogens is 291 g/mol. The normalized spacial score (nSPS) is 10.0. The van der Waals surface area contributed by atoms with E-state index < -0.39 is 0 Å². The second-order valence-electron chi connectivity index (χ2n) is 4.43. The Morgan fingerprint density at radius 2 is 2.29 bits per heavy atom. The van der Waals surface area contributed by atoms with Crippen LogP contribution < -0.4 is 4.74 Å². The molecule has 21 heavy (non-hydrogen) atoms. The zero-order valence-corrected chi connectivity index (χ0v) is 12.5. The summed E-state index contributed by atoms with van der Waals surface area (Å²) in [5.41, 5.74) is 0.668. The molecule has 2 aromatic rings. The number of ether oxygens (including phenoxy) is 1. The first-order chi connectivity index (χ1) is 10.2. The highest BCUT2D eigenvalue weighted by Crippen LogP contribution is 2.19. The number of hydrogen-bond donors (Lipinski definition) is 0. The second kappa shape index (κ2) is 7.70. The fraction of sp³-hybridized carbons (Fsp3) is 0.312. The van der Waals surface area contributed by atoms with Crippen molar-refractivity contribution in [2.24, 2.45) is 7.05 Å². The highest BCUT2D eigenvalue weighted by molar-refractivity contribution is 6.18. The van der Waals surface area contributed by atoms with Gasteiger partial charge in [-0.25, -0.2) is 9.37 Å². The lowest BCUT2D eigenvalue weighted by Crippen LogP contribution is -2.07. The van der Waals surface area contributed by atoms with Crippen LogP contribution in [-0.4, -0.2) is 22.0 Å². The third-order valence-electron chi connectivity index (χ3n) is 2.89. The number of aryl methyl sites for hydroxylation is 1. The molecule has 3 nitrogen and oxygen atoms in total. The van der Waals surface area contributed by atoms with E-state index in [1.54, 1.807) is 12.3 Å². The molecule has 1 aromatic heterocycles. The highest BCUT2D eigenvalue weighted by atomic mass is 35.5. The molecule has 0 atom stereocenters. The van der Waals surface area contributed by atoms with Crippen molar-refractivity contribution in [2.45, 2.75) is 12.8 Å². The smallest absolute Gasteiger partial charge is 0.137 e. The van der Waals surface area contributed by atoms with Gasteiger partial charge in [-0.3, -0.25) is 0 Å². The van der Waals surface area contributed by atoms with E-state index in [4.69, 9.17) is 16.3 Å². The van der Waals surface area contributed by atoms with E-state index in [2.05, 4.69) is 16.8 Å². The van der Waals surface area contributed by atoms with Gasteiger partial charge in [-0.15, -0.1) is 11.6 Å². The molecule has 0 amide bonds. The van der Waals surface area contributed by atoms with Gasteiger partial charge < -0.3 is 9.30 Å². The number of rotatable bonds is 5.